The molecule has 0 aliphatic heterocycles. The molecule has 2 rings (SSSR count). The summed E-state index contributed by atoms with van der Waals surface area (Å²) in [5, 5.41) is 3.06. The van der Waals surface area contributed by atoms with Crippen molar-refractivity contribution in [1.29, 1.82) is 0 Å². The maximum atomic E-state index is 4.54. The molecular formula is C12H17N5. The summed E-state index contributed by atoms with van der Waals surface area (Å²) < 4.78 is 1.96. The maximum Gasteiger partial charge on any atom is 0.158 e. The highest BCUT2D eigenvalue weighted by atomic mass is 15.1. The number of nitrogens with zero attached hydrogens (tertiary/aromatic N) is 4. The van der Waals surface area contributed by atoms with Crippen molar-refractivity contribution in [3.8, 4) is 11.5 Å². The van der Waals surface area contributed by atoms with Crippen molar-refractivity contribution in [2.24, 2.45) is 7.05 Å². The molecule has 0 aromatic carbocycles. The highest BCUT2D eigenvalue weighted by Crippen LogP contribution is 2.17. The van der Waals surface area contributed by atoms with E-state index in [0.717, 1.165) is 36.0 Å². The quantitative estimate of drug-likeness (QED) is 0.872. The van der Waals surface area contributed by atoms with Crippen molar-refractivity contribution in [3.05, 3.63) is 24.3 Å². The lowest BCUT2D eigenvalue weighted by Crippen LogP contribution is -2.03. The van der Waals surface area contributed by atoms with Gasteiger partial charge in [-0.3, -0.25) is 0 Å². The molecule has 5 nitrogen and oxygen atoms in total. The van der Waals surface area contributed by atoms with E-state index < -0.39 is 0 Å². The number of anilines is 1. The molecule has 0 fully saturated rings. The first kappa shape index (κ1) is 11.6. The minimum Gasteiger partial charge on any atom is -0.373 e. The number of rotatable bonds is 4. The van der Waals surface area contributed by atoms with E-state index in [-0.39, 0.29) is 0 Å². The predicted molar refractivity (Wildman–Crippen MR) is 67.8 cm³/mol. The summed E-state index contributed by atoms with van der Waals surface area (Å²) in [5.74, 6) is 2.56. The zero-order valence-corrected chi connectivity index (χ0v) is 10.4. The predicted octanol–water partition coefficient (Wildman–Crippen LogP) is 1.87. The number of aryl methyl sites for hydroxylation is 2. The smallest absolute Gasteiger partial charge is 0.158 e. The number of imidazole rings is 1. The van der Waals surface area contributed by atoms with Gasteiger partial charge in [0, 0.05) is 39.0 Å². The molecule has 17 heavy (non-hydrogen) atoms. The first-order valence-electron chi connectivity index (χ1n) is 5.78. The van der Waals surface area contributed by atoms with Crippen LogP contribution in [0, 0.1) is 0 Å². The first-order chi connectivity index (χ1) is 8.24. The molecule has 0 unspecified atom stereocenters. The van der Waals surface area contributed by atoms with Crippen LogP contribution < -0.4 is 5.32 Å². The number of hydrogen-bond acceptors (Lipinski definition) is 4. The van der Waals surface area contributed by atoms with Gasteiger partial charge in [-0.2, -0.15) is 0 Å². The van der Waals surface area contributed by atoms with Crippen molar-refractivity contribution >= 4 is 5.82 Å². The van der Waals surface area contributed by atoms with E-state index in [2.05, 4.69) is 27.2 Å². The van der Waals surface area contributed by atoms with Crippen LogP contribution in [0.2, 0.25) is 0 Å². The third-order valence-corrected chi connectivity index (χ3v) is 2.55. The summed E-state index contributed by atoms with van der Waals surface area (Å²) in [5.41, 5.74) is 0.861. The Morgan fingerprint density at radius 2 is 2.18 bits per heavy atom. The summed E-state index contributed by atoms with van der Waals surface area (Å²) >= 11 is 0. The molecule has 0 saturated heterocycles. The zero-order chi connectivity index (χ0) is 12.3. The third kappa shape index (κ3) is 2.43. The fourth-order valence-electron chi connectivity index (χ4n) is 1.69. The lowest BCUT2D eigenvalue weighted by atomic mass is 10.3. The molecule has 0 bridgehead atoms. The second-order valence-corrected chi connectivity index (χ2v) is 3.92. The Hall–Kier alpha value is -1.91. The van der Waals surface area contributed by atoms with Crippen molar-refractivity contribution in [1.82, 2.24) is 19.5 Å². The molecular weight excluding hydrogens is 214 g/mol. The van der Waals surface area contributed by atoms with Crippen LogP contribution in [0.1, 0.15) is 19.2 Å². The summed E-state index contributed by atoms with van der Waals surface area (Å²) in [6, 6.07) is 1.92. The van der Waals surface area contributed by atoms with Crippen LogP contribution in [0.15, 0.2) is 18.5 Å². The van der Waals surface area contributed by atoms with E-state index in [1.165, 1.54) is 0 Å². The van der Waals surface area contributed by atoms with E-state index in [4.69, 9.17) is 0 Å². The Balaban J connectivity index is 2.46. The van der Waals surface area contributed by atoms with E-state index in [9.17, 15) is 0 Å². The van der Waals surface area contributed by atoms with Crippen LogP contribution in [-0.4, -0.2) is 26.6 Å². The van der Waals surface area contributed by atoms with Gasteiger partial charge in [0.15, 0.2) is 5.82 Å². The molecule has 0 spiro atoms. The Labute approximate surface area is 101 Å². The van der Waals surface area contributed by atoms with Crippen LogP contribution in [0.4, 0.5) is 5.82 Å². The van der Waals surface area contributed by atoms with Gasteiger partial charge in [0.2, 0.25) is 0 Å². The van der Waals surface area contributed by atoms with Crippen molar-refractivity contribution in [2.45, 2.75) is 19.8 Å². The molecule has 0 aliphatic carbocycles. The van der Waals surface area contributed by atoms with Gasteiger partial charge in [-0.1, -0.05) is 6.92 Å². The molecule has 0 atom stereocenters. The molecule has 1 N–H and O–H groups in total. The SMILES string of the molecule is CCCc1nc(NC)cc(-c2nccn2C)n1. The fourth-order valence-corrected chi connectivity index (χ4v) is 1.69. The van der Waals surface area contributed by atoms with E-state index in [1.807, 2.05) is 30.9 Å². The summed E-state index contributed by atoms with van der Waals surface area (Å²) in [6.07, 6.45) is 5.60. The number of aromatic nitrogens is 4. The second-order valence-electron chi connectivity index (χ2n) is 3.92. The van der Waals surface area contributed by atoms with Crippen molar-refractivity contribution in [3.63, 3.8) is 0 Å². The van der Waals surface area contributed by atoms with Gasteiger partial charge < -0.3 is 9.88 Å². The molecule has 2 aromatic heterocycles. The molecule has 0 aliphatic rings. The second kappa shape index (κ2) is 4.95. The van der Waals surface area contributed by atoms with Crippen LogP contribution in [-0.2, 0) is 13.5 Å². The fraction of sp³-hybridized carbons (Fsp3) is 0.417. The van der Waals surface area contributed by atoms with Gasteiger partial charge in [-0.05, 0) is 6.42 Å². The molecule has 0 amide bonds. The third-order valence-electron chi connectivity index (χ3n) is 2.55. The van der Waals surface area contributed by atoms with Gasteiger partial charge in [0.1, 0.15) is 17.3 Å². The number of hydrogen-bond donors (Lipinski definition) is 1. The standard InChI is InChI=1S/C12H17N5/c1-4-5-10-15-9(8-11(13-2)16-10)12-14-6-7-17(12)3/h6-8H,4-5H2,1-3H3,(H,13,15,16). The molecule has 2 heterocycles. The van der Waals surface area contributed by atoms with Gasteiger partial charge in [-0.25, -0.2) is 15.0 Å². The van der Waals surface area contributed by atoms with Gasteiger partial charge in [-0.15, -0.1) is 0 Å². The van der Waals surface area contributed by atoms with Crippen molar-refractivity contribution in [2.75, 3.05) is 12.4 Å². The van der Waals surface area contributed by atoms with Crippen LogP contribution >= 0.6 is 0 Å². The minimum atomic E-state index is 0.835. The summed E-state index contributed by atoms with van der Waals surface area (Å²) in [7, 11) is 3.82. The van der Waals surface area contributed by atoms with Gasteiger partial charge in [0.05, 0.1) is 0 Å². The monoisotopic (exact) mass is 231 g/mol. The Morgan fingerprint density at radius 3 is 2.76 bits per heavy atom. The van der Waals surface area contributed by atoms with E-state index in [0.29, 0.717) is 0 Å². The maximum absolute atomic E-state index is 4.54. The van der Waals surface area contributed by atoms with Gasteiger partial charge >= 0.3 is 0 Å². The van der Waals surface area contributed by atoms with E-state index in [1.54, 1.807) is 6.20 Å². The largest absolute Gasteiger partial charge is 0.373 e. The Kier molecular flexibility index (Phi) is 3.37. The van der Waals surface area contributed by atoms with Gasteiger partial charge in [0.25, 0.3) is 0 Å². The molecule has 0 radical (unpaired) electrons. The van der Waals surface area contributed by atoms with E-state index >= 15 is 0 Å². The Bertz CT molecular complexity index is 503. The normalized spacial score (nSPS) is 10.5. The topological polar surface area (TPSA) is 55.6 Å². The highest BCUT2D eigenvalue weighted by Gasteiger charge is 2.09. The summed E-state index contributed by atoms with van der Waals surface area (Å²) in [4.78, 5) is 13.3. The van der Waals surface area contributed by atoms with Crippen LogP contribution in [0.3, 0.4) is 0 Å². The zero-order valence-electron chi connectivity index (χ0n) is 10.4. The van der Waals surface area contributed by atoms with Crippen molar-refractivity contribution < 1.29 is 0 Å². The van der Waals surface area contributed by atoms with Crippen LogP contribution in [0.25, 0.3) is 11.5 Å². The Morgan fingerprint density at radius 1 is 1.35 bits per heavy atom. The molecule has 2 aromatic rings. The molecule has 5 heteroatoms. The average molecular weight is 231 g/mol. The lowest BCUT2D eigenvalue weighted by molar-refractivity contribution is 0.830. The lowest BCUT2D eigenvalue weighted by Gasteiger charge is -2.07. The molecule has 90 valence electrons. The highest BCUT2D eigenvalue weighted by molar-refractivity contribution is 5.55. The average Bonchev–Trinajstić information content (AvgIpc) is 2.75. The first-order valence-corrected chi connectivity index (χ1v) is 5.78. The minimum absolute atomic E-state index is 0.835. The van der Waals surface area contributed by atoms with Crippen LogP contribution in [0.5, 0.6) is 0 Å². The summed E-state index contributed by atoms with van der Waals surface area (Å²) in [6.45, 7) is 2.12. The molecule has 0 saturated carbocycles. The number of nitrogens with one attached hydrogen (secondary N) is 1.